The number of nitrogens with one attached hydrogen (secondary N) is 2. The van der Waals surface area contributed by atoms with Crippen molar-refractivity contribution in [3.63, 3.8) is 0 Å². The van der Waals surface area contributed by atoms with Gasteiger partial charge in [-0.2, -0.15) is 0 Å². The van der Waals surface area contributed by atoms with Crippen molar-refractivity contribution in [2.45, 2.75) is 13.5 Å². The van der Waals surface area contributed by atoms with Crippen LogP contribution in [0.4, 0.5) is 5.13 Å². The van der Waals surface area contributed by atoms with Crippen molar-refractivity contribution in [2.24, 2.45) is 0 Å². The first kappa shape index (κ1) is 15.9. The third kappa shape index (κ3) is 4.04. The number of thiophene rings is 2. The molecule has 0 unspecified atom stereocenters. The van der Waals surface area contributed by atoms with Gasteiger partial charge in [-0.05, 0) is 23.6 Å². The summed E-state index contributed by atoms with van der Waals surface area (Å²) in [5.41, 5.74) is 0.829. The molecular formula is C15H13N3O2S3. The second-order valence-electron chi connectivity index (χ2n) is 4.65. The molecule has 5 nitrogen and oxygen atoms in total. The van der Waals surface area contributed by atoms with E-state index in [-0.39, 0.29) is 11.8 Å². The predicted octanol–water partition coefficient (Wildman–Crippen LogP) is 3.82. The van der Waals surface area contributed by atoms with E-state index in [2.05, 4.69) is 15.6 Å². The predicted molar refractivity (Wildman–Crippen MR) is 95.2 cm³/mol. The lowest BCUT2D eigenvalue weighted by atomic mass is 10.3. The molecule has 0 aliphatic rings. The fourth-order valence-electron chi connectivity index (χ4n) is 1.83. The van der Waals surface area contributed by atoms with Crippen LogP contribution < -0.4 is 10.6 Å². The number of aromatic nitrogens is 1. The first-order chi connectivity index (χ1) is 11.1. The average molecular weight is 363 g/mol. The number of hydrogen-bond acceptors (Lipinski definition) is 6. The number of carbonyl (C=O) groups is 2. The summed E-state index contributed by atoms with van der Waals surface area (Å²) in [7, 11) is 0. The number of amides is 2. The Morgan fingerprint density at radius 1 is 1.22 bits per heavy atom. The largest absolute Gasteiger partial charge is 0.351 e. The summed E-state index contributed by atoms with van der Waals surface area (Å²) in [4.78, 5) is 30.1. The molecule has 0 aromatic carbocycles. The minimum atomic E-state index is -0.140. The zero-order valence-electron chi connectivity index (χ0n) is 12.2. The minimum Gasteiger partial charge on any atom is -0.351 e. The van der Waals surface area contributed by atoms with Gasteiger partial charge in [-0.15, -0.1) is 34.0 Å². The van der Waals surface area contributed by atoms with Crippen LogP contribution in [0.15, 0.2) is 35.0 Å². The highest BCUT2D eigenvalue weighted by Gasteiger charge is 2.12. The fraction of sp³-hybridized carbons (Fsp3) is 0.133. The molecule has 23 heavy (non-hydrogen) atoms. The van der Waals surface area contributed by atoms with E-state index in [0.29, 0.717) is 16.6 Å². The summed E-state index contributed by atoms with van der Waals surface area (Å²) in [6, 6.07) is 7.57. The van der Waals surface area contributed by atoms with E-state index in [1.807, 2.05) is 29.0 Å². The van der Waals surface area contributed by atoms with Crippen molar-refractivity contribution in [1.82, 2.24) is 10.3 Å². The van der Waals surface area contributed by atoms with Crippen LogP contribution in [0.3, 0.4) is 0 Å². The van der Waals surface area contributed by atoms with Crippen molar-refractivity contribution in [3.8, 4) is 10.6 Å². The van der Waals surface area contributed by atoms with Gasteiger partial charge in [0.15, 0.2) is 5.13 Å². The summed E-state index contributed by atoms with van der Waals surface area (Å²) >= 11 is 4.37. The van der Waals surface area contributed by atoms with E-state index in [1.165, 1.54) is 29.6 Å². The summed E-state index contributed by atoms with van der Waals surface area (Å²) in [5.74, 6) is -0.189. The van der Waals surface area contributed by atoms with Crippen LogP contribution >= 0.6 is 34.0 Å². The molecule has 3 heterocycles. The highest BCUT2D eigenvalue weighted by molar-refractivity contribution is 7.17. The number of hydrogen-bond donors (Lipinski definition) is 2. The fourth-order valence-corrected chi connectivity index (χ4v) is 4.14. The lowest BCUT2D eigenvalue weighted by molar-refractivity contribution is -0.119. The maximum atomic E-state index is 12.0. The zero-order chi connectivity index (χ0) is 16.2. The van der Waals surface area contributed by atoms with E-state index in [0.717, 1.165) is 15.4 Å². The van der Waals surface area contributed by atoms with Crippen LogP contribution in [-0.2, 0) is 11.3 Å². The number of carbonyl (C=O) groups excluding carboxylic acids is 2. The van der Waals surface area contributed by atoms with Crippen molar-refractivity contribution in [2.75, 3.05) is 5.32 Å². The van der Waals surface area contributed by atoms with Crippen LogP contribution in [0.2, 0.25) is 0 Å². The van der Waals surface area contributed by atoms with Gasteiger partial charge < -0.3 is 5.32 Å². The Hall–Kier alpha value is -2.03. The summed E-state index contributed by atoms with van der Waals surface area (Å²) in [6.45, 7) is 2.02. The molecular weight excluding hydrogens is 350 g/mol. The van der Waals surface area contributed by atoms with Crippen LogP contribution in [0.25, 0.3) is 10.6 Å². The normalized spacial score (nSPS) is 10.5. The molecule has 3 rings (SSSR count). The summed E-state index contributed by atoms with van der Waals surface area (Å²) in [6.07, 6.45) is 0. The summed E-state index contributed by atoms with van der Waals surface area (Å²) < 4.78 is 0. The van der Waals surface area contributed by atoms with E-state index in [9.17, 15) is 9.59 Å². The van der Waals surface area contributed by atoms with Gasteiger partial charge in [-0.3, -0.25) is 14.9 Å². The third-order valence-corrected chi connectivity index (χ3v) is 5.63. The molecule has 0 bridgehead atoms. The Labute approximate surface area is 145 Å². The van der Waals surface area contributed by atoms with Gasteiger partial charge >= 0.3 is 0 Å². The highest BCUT2D eigenvalue weighted by Crippen LogP contribution is 2.31. The second-order valence-corrected chi connectivity index (χ2v) is 7.62. The minimum absolute atomic E-state index is 0.0489. The van der Waals surface area contributed by atoms with Crippen molar-refractivity contribution >= 4 is 51.0 Å². The molecule has 0 radical (unpaired) electrons. The highest BCUT2D eigenvalue weighted by atomic mass is 32.1. The van der Waals surface area contributed by atoms with E-state index < -0.39 is 0 Å². The van der Waals surface area contributed by atoms with E-state index >= 15 is 0 Å². The van der Waals surface area contributed by atoms with Crippen LogP contribution in [0.5, 0.6) is 0 Å². The van der Waals surface area contributed by atoms with Gasteiger partial charge in [-0.25, -0.2) is 4.98 Å². The Bertz CT molecular complexity index is 821. The topological polar surface area (TPSA) is 71.1 Å². The number of nitrogens with zero attached hydrogens (tertiary/aromatic N) is 1. The Balaban J connectivity index is 1.67. The number of anilines is 1. The van der Waals surface area contributed by atoms with Gasteiger partial charge in [0.2, 0.25) is 5.91 Å². The first-order valence-corrected chi connectivity index (χ1v) is 9.33. The molecule has 0 fully saturated rings. The molecule has 0 saturated heterocycles. The monoisotopic (exact) mass is 363 g/mol. The molecule has 0 spiro atoms. The Morgan fingerprint density at radius 3 is 2.83 bits per heavy atom. The van der Waals surface area contributed by atoms with Gasteiger partial charge in [0, 0.05) is 17.2 Å². The van der Waals surface area contributed by atoms with Gasteiger partial charge in [0.05, 0.1) is 22.0 Å². The molecule has 0 saturated carbocycles. The van der Waals surface area contributed by atoms with Crippen molar-refractivity contribution < 1.29 is 9.59 Å². The average Bonchev–Trinajstić information content (AvgIpc) is 3.25. The smallest absolute Gasteiger partial charge is 0.267 e. The second kappa shape index (κ2) is 7.03. The van der Waals surface area contributed by atoms with E-state index in [4.69, 9.17) is 0 Å². The lowest BCUT2D eigenvalue weighted by Gasteiger charge is -1.98. The molecule has 118 valence electrons. The van der Waals surface area contributed by atoms with Gasteiger partial charge in [0.25, 0.3) is 5.91 Å². The third-order valence-electron chi connectivity index (χ3n) is 2.90. The van der Waals surface area contributed by atoms with Gasteiger partial charge in [0.1, 0.15) is 0 Å². The maximum absolute atomic E-state index is 12.0. The van der Waals surface area contributed by atoms with Crippen molar-refractivity contribution in [3.05, 3.63) is 44.8 Å². The first-order valence-electron chi connectivity index (χ1n) is 6.76. The maximum Gasteiger partial charge on any atom is 0.267 e. The molecule has 2 amide bonds. The standard InChI is InChI=1S/C15H13N3O2S3/c1-9(19)16-7-10-4-5-12(23-10)11-8-22-15(17-11)18-14(20)13-3-2-6-21-13/h2-6,8H,7H2,1H3,(H,16,19)(H,17,18,20). The number of rotatable bonds is 5. The molecule has 8 heteroatoms. The SMILES string of the molecule is CC(=O)NCc1ccc(-c2csc(NC(=O)c3cccs3)n2)s1. The Morgan fingerprint density at radius 2 is 2.09 bits per heavy atom. The lowest BCUT2D eigenvalue weighted by Crippen LogP contribution is -2.17. The number of thiazole rings is 1. The van der Waals surface area contributed by atoms with Gasteiger partial charge in [-0.1, -0.05) is 6.07 Å². The molecule has 3 aromatic rings. The van der Waals surface area contributed by atoms with Crippen molar-refractivity contribution in [1.29, 1.82) is 0 Å². The van der Waals surface area contributed by atoms with Crippen LogP contribution in [-0.4, -0.2) is 16.8 Å². The van der Waals surface area contributed by atoms with Crippen LogP contribution in [0, 0.1) is 0 Å². The molecule has 0 aliphatic heterocycles. The molecule has 0 aliphatic carbocycles. The molecule has 0 atom stereocenters. The van der Waals surface area contributed by atoms with E-state index in [1.54, 1.807) is 17.4 Å². The molecule has 2 N–H and O–H groups in total. The summed E-state index contributed by atoms with van der Waals surface area (Å²) in [5, 5.41) is 9.94. The Kier molecular flexibility index (Phi) is 4.85. The molecule has 3 aromatic heterocycles. The quantitative estimate of drug-likeness (QED) is 0.724. The van der Waals surface area contributed by atoms with Crippen LogP contribution in [0.1, 0.15) is 21.5 Å². The zero-order valence-corrected chi connectivity index (χ0v) is 14.6.